The zero-order chi connectivity index (χ0) is 9.84. The molecule has 0 aliphatic heterocycles. The Balaban J connectivity index is 0.00000169. The standard InChI is InChI=1S/C9H11FN2O.ClH/c1-6(11)9(13)12-8-4-2-7(10)3-5-8;/h2-6H,11H2,1H3,(H,12,13);1H. The van der Waals surface area contributed by atoms with Crippen LogP contribution in [0.3, 0.4) is 0 Å². The Morgan fingerprint density at radius 2 is 1.93 bits per heavy atom. The highest BCUT2D eigenvalue weighted by atomic mass is 35.5. The summed E-state index contributed by atoms with van der Waals surface area (Å²) in [6.07, 6.45) is 0. The Morgan fingerprint density at radius 1 is 1.43 bits per heavy atom. The van der Waals surface area contributed by atoms with Gasteiger partial charge in [-0.15, -0.1) is 12.4 Å². The molecule has 1 atom stereocenters. The van der Waals surface area contributed by atoms with Gasteiger partial charge in [0, 0.05) is 5.69 Å². The van der Waals surface area contributed by atoms with Crippen molar-refractivity contribution in [2.24, 2.45) is 5.73 Å². The van der Waals surface area contributed by atoms with Crippen LogP contribution in [0.1, 0.15) is 6.92 Å². The Kier molecular flexibility index (Phi) is 5.12. The minimum absolute atomic E-state index is 0. The second-order valence-electron chi connectivity index (χ2n) is 2.78. The van der Waals surface area contributed by atoms with Crippen LogP contribution in [0.25, 0.3) is 0 Å². The number of rotatable bonds is 2. The van der Waals surface area contributed by atoms with Gasteiger partial charge in [0.1, 0.15) is 5.82 Å². The maximum absolute atomic E-state index is 12.4. The second-order valence-corrected chi connectivity index (χ2v) is 2.78. The van der Waals surface area contributed by atoms with Gasteiger partial charge in [0.15, 0.2) is 0 Å². The van der Waals surface area contributed by atoms with Crippen LogP contribution in [-0.4, -0.2) is 11.9 Å². The zero-order valence-corrected chi connectivity index (χ0v) is 8.48. The molecule has 5 heteroatoms. The quantitative estimate of drug-likeness (QED) is 0.791. The third kappa shape index (κ3) is 3.72. The van der Waals surface area contributed by atoms with Crippen LogP contribution in [0.4, 0.5) is 10.1 Å². The molecule has 0 aliphatic rings. The summed E-state index contributed by atoms with van der Waals surface area (Å²) >= 11 is 0. The minimum Gasteiger partial charge on any atom is -0.325 e. The number of hydrogen-bond donors (Lipinski definition) is 2. The number of carbonyl (C=O) groups excluding carboxylic acids is 1. The van der Waals surface area contributed by atoms with E-state index in [9.17, 15) is 9.18 Å². The van der Waals surface area contributed by atoms with Crippen molar-refractivity contribution in [3.05, 3.63) is 30.1 Å². The van der Waals surface area contributed by atoms with Crippen molar-refractivity contribution >= 4 is 24.0 Å². The summed E-state index contributed by atoms with van der Waals surface area (Å²) in [6, 6.07) is 4.95. The average Bonchev–Trinajstić information content (AvgIpc) is 2.08. The third-order valence-electron chi connectivity index (χ3n) is 1.53. The summed E-state index contributed by atoms with van der Waals surface area (Å²) in [7, 11) is 0. The lowest BCUT2D eigenvalue weighted by Gasteiger charge is -2.06. The van der Waals surface area contributed by atoms with E-state index >= 15 is 0 Å². The first-order valence-corrected chi connectivity index (χ1v) is 3.91. The molecule has 0 saturated carbocycles. The van der Waals surface area contributed by atoms with Crippen molar-refractivity contribution < 1.29 is 9.18 Å². The van der Waals surface area contributed by atoms with Crippen LogP contribution in [0, 0.1) is 5.82 Å². The number of amides is 1. The average molecular weight is 219 g/mol. The SMILES string of the molecule is CC(N)C(=O)Nc1ccc(F)cc1.Cl. The Labute approximate surface area is 87.9 Å². The van der Waals surface area contributed by atoms with Gasteiger partial charge in [-0.1, -0.05) is 0 Å². The lowest BCUT2D eigenvalue weighted by atomic mass is 10.3. The maximum atomic E-state index is 12.4. The Hall–Kier alpha value is -1.13. The van der Waals surface area contributed by atoms with Crippen LogP contribution in [-0.2, 0) is 4.79 Å². The highest BCUT2D eigenvalue weighted by molar-refractivity contribution is 5.94. The Morgan fingerprint density at radius 3 is 2.36 bits per heavy atom. The fraction of sp³-hybridized carbons (Fsp3) is 0.222. The van der Waals surface area contributed by atoms with E-state index in [1.807, 2.05) is 0 Å². The van der Waals surface area contributed by atoms with E-state index in [0.29, 0.717) is 5.69 Å². The van der Waals surface area contributed by atoms with Gasteiger partial charge in [0.05, 0.1) is 6.04 Å². The molecule has 1 amide bonds. The number of nitrogens with one attached hydrogen (secondary N) is 1. The summed E-state index contributed by atoms with van der Waals surface area (Å²) < 4.78 is 12.4. The fourth-order valence-electron chi connectivity index (χ4n) is 0.789. The summed E-state index contributed by atoms with van der Waals surface area (Å²) in [5, 5.41) is 2.54. The van der Waals surface area contributed by atoms with E-state index in [4.69, 9.17) is 5.73 Å². The molecule has 3 N–H and O–H groups in total. The van der Waals surface area contributed by atoms with Crippen LogP contribution in [0.15, 0.2) is 24.3 Å². The van der Waals surface area contributed by atoms with E-state index in [1.165, 1.54) is 24.3 Å². The van der Waals surface area contributed by atoms with Gasteiger partial charge in [-0.3, -0.25) is 4.79 Å². The molecule has 78 valence electrons. The highest BCUT2D eigenvalue weighted by Gasteiger charge is 2.06. The van der Waals surface area contributed by atoms with Crippen LogP contribution >= 0.6 is 12.4 Å². The maximum Gasteiger partial charge on any atom is 0.240 e. The molecule has 0 aromatic heterocycles. The molecule has 1 aromatic rings. The van der Waals surface area contributed by atoms with Crippen molar-refractivity contribution in [2.75, 3.05) is 5.32 Å². The van der Waals surface area contributed by atoms with Gasteiger partial charge in [0.2, 0.25) is 5.91 Å². The molecular weight excluding hydrogens is 207 g/mol. The lowest BCUT2D eigenvalue weighted by molar-refractivity contribution is -0.117. The normalized spacial score (nSPS) is 11.4. The van der Waals surface area contributed by atoms with Gasteiger partial charge in [-0.25, -0.2) is 4.39 Å². The molecule has 3 nitrogen and oxygen atoms in total. The van der Waals surface area contributed by atoms with Gasteiger partial charge in [-0.05, 0) is 31.2 Å². The molecule has 1 rings (SSSR count). The lowest BCUT2D eigenvalue weighted by Crippen LogP contribution is -2.32. The molecule has 0 bridgehead atoms. The second kappa shape index (κ2) is 5.57. The van der Waals surface area contributed by atoms with Crippen LogP contribution in [0.2, 0.25) is 0 Å². The van der Waals surface area contributed by atoms with Gasteiger partial charge >= 0.3 is 0 Å². The molecular formula is C9H12ClFN2O. The molecule has 0 heterocycles. The topological polar surface area (TPSA) is 55.1 Å². The van der Waals surface area contributed by atoms with Crippen molar-refractivity contribution in [1.82, 2.24) is 0 Å². The molecule has 1 unspecified atom stereocenters. The first kappa shape index (κ1) is 12.9. The zero-order valence-electron chi connectivity index (χ0n) is 7.66. The Bertz CT molecular complexity index is 300. The van der Waals surface area contributed by atoms with E-state index in [2.05, 4.69) is 5.32 Å². The van der Waals surface area contributed by atoms with Crippen molar-refractivity contribution in [2.45, 2.75) is 13.0 Å². The van der Waals surface area contributed by atoms with E-state index in [-0.39, 0.29) is 24.1 Å². The molecule has 14 heavy (non-hydrogen) atoms. The third-order valence-corrected chi connectivity index (χ3v) is 1.53. The number of carbonyl (C=O) groups is 1. The first-order valence-electron chi connectivity index (χ1n) is 3.91. The van der Waals surface area contributed by atoms with Gasteiger partial charge in [0.25, 0.3) is 0 Å². The first-order chi connectivity index (χ1) is 6.09. The molecule has 0 aliphatic carbocycles. The number of nitrogens with two attached hydrogens (primary N) is 1. The van der Waals surface area contributed by atoms with E-state index in [0.717, 1.165) is 0 Å². The van der Waals surface area contributed by atoms with Gasteiger partial charge in [-0.2, -0.15) is 0 Å². The smallest absolute Gasteiger partial charge is 0.240 e. The highest BCUT2D eigenvalue weighted by Crippen LogP contribution is 2.07. The monoisotopic (exact) mass is 218 g/mol. The summed E-state index contributed by atoms with van der Waals surface area (Å²) in [5.41, 5.74) is 5.87. The van der Waals surface area contributed by atoms with Crippen LogP contribution < -0.4 is 11.1 Å². The van der Waals surface area contributed by atoms with Crippen molar-refractivity contribution in [3.8, 4) is 0 Å². The van der Waals surface area contributed by atoms with Crippen molar-refractivity contribution in [3.63, 3.8) is 0 Å². The molecule has 0 spiro atoms. The molecule has 1 aromatic carbocycles. The summed E-state index contributed by atoms with van der Waals surface area (Å²) in [6.45, 7) is 1.58. The fourth-order valence-corrected chi connectivity index (χ4v) is 0.789. The number of hydrogen-bond acceptors (Lipinski definition) is 2. The summed E-state index contributed by atoms with van der Waals surface area (Å²) in [5.74, 6) is -0.620. The number of halogens is 2. The number of anilines is 1. The number of benzene rings is 1. The van der Waals surface area contributed by atoms with Crippen molar-refractivity contribution in [1.29, 1.82) is 0 Å². The predicted octanol–water partition coefficient (Wildman–Crippen LogP) is 1.53. The summed E-state index contributed by atoms with van der Waals surface area (Å²) in [4.78, 5) is 11.1. The molecule has 0 saturated heterocycles. The van der Waals surface area contributed by atoms with Gasteiger partial charge < -0.3 is 11.1 Å². The predicted molar refractivity (Wildman–Crippen MR) is 55.9 cm³/mol. The van der Waals surface area contributed by atoms with Crippen LogP contribution in [0.5, 0.6) is 0 Å². The molecule has 0 fully saturated rings. The minimum atomic E-state index is -0.565. The van der Waals surface area contributed by atoms with E-state index in [1.54, 1.807) is 6.92 Å². The largest absolute Gasteiger partial charge is 0.325 e. The molecule has 0 radical (unpaired) electrons. The van der Waals surface area contributed by atoms with E-state index < -0.39 is 6.04 Å².